The lowest BCUT2D eigenvalue weighted by atomic mass is 9.73. The number of halogens is 1. The fraction of sp³-hybridized carbons (Fsp3) is 0.250. The summed E-state index contributed by atoms with van der Waals surface area (Å²) in [6.45, 7) is 2.01. The van der Waals surface area contributed by atoms with E-state index in [1.807, 2.05) is 43.3 Å². The Balaban J connectivity index is 1.91. The van der Waals surface area contributed by atoms with E-state index < -0.39 is 5.91 Å². The standard InChI is InChI=1S/C24H23ClN2O3/c1-13-21(15-8-11-17(24(26)29)20(12-15)30-2)22(14-6-9-16(25)10-7-14)23-18(27-13)4-3-5-19(23)28/h6-12,22,27H,3-5H2,1-2H3,(H2,26,29). The first-order chi connectivity index (χ1) is 14.4. The second-order valence-corrected chi connectivity index (χ2v) is 8.03. The Kier molecular flexibility index (Phi) is 5.39. The zero-order valence-corrected chi connectivity index (χ0v) is 17.7. The number of benzene rings is 2. The number of methoxy groups -OCH3 is 1. The Morgan fingerprint density at radius 2 is 1.87 bits per heavy atom. The van der Waals surface area contributed by atoms with E-state index in [1.165, 1.54) is 7.11 Å². The second-order valence-electron chi connectivity index (χ2n) is 7.60. The third-order valence-corrected chi connectivity index (χ3v) is 6.01. The number of Topliss-reactive ketones (excluding diaryl/α,β-unsaturated/α-hetero) is 1. The van der Waals surface area contributed by atoms with Crippen LogP contribution in [0.2, 0.25) is 5.02 Å². The first-order valence-electron chi connectivity index (χ1n) is 9.88. The van der Waals surface area contributed by atoms with Crippen molar-refractivity contribution < 1.29 is 14.3 Å². The van der Waals surface area contributed by atoms with Gasteiger partial charge in [-0.1, -0.05) is 29.8 Å². The highest BCUT2D eigenvalue weighted by Crippen LogP contribution is 2.47. The number of ketones is 1. The summed E-state index contributed by atoms with van der Waals surface area (Å²) in [5.74, 6) is -0.206. The van der Waals surface area contributed by atoms with Crippen molar-refractivity contribution in [1.29, 1.82) is 0 Å². The molecular formula is C24H23ClN2O3. The second kappa shape index (κ2) is 8.00. The maximum absolute atomic E-state index is 13.0. The van der Waals surface area contributed by atoms with Crippen LogP contribution >= 0.6 is 11.6 Å². The number of nitrogens with one attached hydrogen (secondary N) is 1. The van der Waals surface area contributed by atoms with E-state index in [0.29, 0.717) is 22.8 Å². The van der Waals surface area contributed by atoms with Gasteiger partial charge >= 0.3 is 0 Å². The minimum atomic E-state index is -0.549. The SMILES string of the molecule is COc1cc(C2=C(C)NC3=C(C(=O)CCC3)C2c2ccc(Cl)cc2)ccc1C(N)=O. The maximum Gasteiger partial charge on any atom is 0.252 e. The highest BCUT2D eigenvalue weighted by molar-refractivity contribution is 6.30. The molecule has 6 heteroatoms. The summed E-state index contributed by atoms with van der Waals surface area (Å²) in [6.07, 6.45) is 2.24. The number of primary amides is 1. The minimum Gasteiger partial charge on any atom is -0.496 e. The maximum atomic E-state index is 13.0. The largest absolute Gasteiger partial charge is 0.496 e. The summed E-state index contributed by atoms with van der Waals surface area (Å²) in [7, 11) is 1.51. The highest BCUT2D eigenvalue weighted by atomic mass is 35.5. The molecule has 0 saturated heterocycles. The lowest BCUT2D eigenvalue weighted by molar-refractivity contribution is -0.116. The molecule has 1 amide bonds. The molecule has 0 aromatic heterocycles. The molecule has 1 unspecified atom stereocenters. The van der Waals surface area contributed by atoms with Crippen LogP contribution in [0.3, 0.4) is 0 Å². The van der Waals surface area contributed by atoms with Gasteiger partial charge in [0, 0.05) is 34.3 Å². The molecule has 3 N–H and O–H groups in total. The van der Waals surface area contributed by atoms with Crippen LogP contribution in [0.4, 0.5) is 0 Å². The zero-order valence-electron chi connectivity index (χ0n) is 16.9. The van der Waals surface area contributed by atoms with E-state index in [4.69, 9.17) is 22.1 Å². The number of ether oxygens (including phenoxy) is 1. The third-order valence-electron chi connectivity index (χ3n) is 5.76. The van der Waals surface area contributed by atoms with E-state index in [1.54, 1.807) is 6.07 Å². The van der Waals surface area contributed by atoms with Gasteiger partial charge in [-0.15, -0.1) is 0 Å². The Bertz CT molecular complexity index is 1100. The van der Waals surface area contributed by atoms with Gasteiger partial charge in [-0.2, -0.15) is 0 Å². The van der Waals surface area contributed by atoms with Crippen LogP contribution in [0.25, 0.3) is 5.57 Å². The molecule has 2 aromatic rings. The van der Waals surface area contributed by atoms with Crippen LogP contribution in [-0.4, -0.2) is 18.8 Å². The number of dihydropyridines is 1. The number of hydrogen-bond acceptors (Lipinski definition) is 4. The molecule has 0 spiro atoms. The molecule has 30 heavy (non-hydrogen) atoms. The monoisotopic (exact) mass is 422 g/mol. The fourth-order valence-electron chi connectivity index (χ4n) is 4.42. The molecule has 0 saturated carbocycles. The first kappa shape index (κ1) is 20.2. The van der Waals surface area contributed by atoms with E-state index >= 15 is 0 Å². The van der Waals surface area contributed by atoms with Crippen LogP contribution < -0.4 is 15.8 Å². The average molecular weight is 423 g/mol. The fourth-order valence-corrected chi connectivity index (χ4v) is 4.54. The summed E-state index contributed by atoms with van der Waals surface area (Å²) in [5.41, 5.74) is 11.4. The Morgan fingerprint density at radius 1 is 1.13 bits per heavy atom. The summed E-state index contributed by atoms with van der Waals surface area (Å²) < 4.78 is 5.42. The summed E-state index contributed by atoms with van der Waals surface area (Å²) >= 11 is 6.12. The Labute approximate surface area is 180 Å². The first-order valence-corrected chi connectivity index (χ1v) is 10.3. The number of carbonyl (C=O) groups is 2. The topological polar surface area (TPSA) is 81.4 Å². The Hall–Kier alpha value is -3.05. The lowest BCUT2D eigenvalue weighted by Crippen LogP contribution is -2.31. The van der Waals surface area contributed by atoms with Gasteiger partial charge in [-0.3, -0.25) is 9.59 Å². The molecule has 1 heterocycles. The molecule has 5 nitrogen and oxygen atoms in total. The van der Waals surface area contributed by atoms with Crippen molar-refractivity contribution >= 4 is 28.9 Å². The van der Waals surface area contributed by atoms with E-state index in [2.05, 4.69) is 5.32 Å². The molecular weight excluding hydrogens is 400 g/mol. The van der Waals surface area contributed by atoms with Crippen molar-refractivity contribution in [3.05, 3.63) is 81.1 Å². The molecule has 4 rings (SSSR count). The highest BCUT2D eigenvalue weighted by Gasteiger charge is 2.36. The Morgan fingerprint density at radius 3 is 2.53 bits per heavy atom. The third kappa shape index (κ3) is 3.50. The predicted molar refractivity (Wildman–Crippen MR) is 117 cm³/mol. The van der Waals surface area contributed by atoms with Gasteiger partial charge in [0.15, 0.2) is 5.78 Å². The minimum absolute atomic E-state index is 0.162. The van der Waals surface area contributed by atoms with Gasteiger partial charge in [-0.05, 0) is 60.7 Å². The van der Waals surface area contributed by atoms with Crippen molar-refractivity contribution in [3.63, 3.8) is 0 Å². The van der Waals surface area contributed by atoms with Crippen LogP contribution in [-0.2, 0) is 4.79 Å². The predicted octanol–water partition coefficient (Wildman–Crippen LogP) is 4.57. The zero-order chi connectivity index (χ0) is 21.4. The number of hydrogen-bond donors (Lipinski definition) is 2. The molecule has 154 valence electrons. The summed E-state index contributed by atoms with van der Waals surface area (Å²) in [5, 5.41) is 4.11. The normalized spacial score (nSPS) is 18.8. The van der Waals surface area contributed by atoms with Crippen molar-refractivity contribution in [2.45, 2.75) is 32.1 Å². The molecule has 1 aliphatic carbocycles. The van der Waals surface area contributed by atoms with Gasteiger partial charge in [0.2, 0.25) is 0 Å². The molecule has 0 bridgehead atoms. The summed E-state index contributed by atoms with van der Waals surface area (Å²) in [6, 6.07) is 12.9. The van der Waals surface area contributed by atoms with Crippen molar-refractivity contribution in [3.8, 4) is 5.75 Å². The molecule has 2 aliphatic rings. The van der Waals surface area contributed by atoms with Crippen molar-refractivity contribution in [2.24, 2.45) is 5.73 Å². The van der Waals surface area contributed by atoms with E-state index in [9.17, 15) is 9.59 Å². The van der Waals surface area contributed by atoms with Crippen LogP contribution in [0, 0.1) is 0 Å². The molecule has 0 fully saturated rings. The van der Waals surface area contributed by atoms with Gasteiger partial charge in [0.25, 0.3) is 5.91 Å². The number of allylic oxidation sites excluding steroid dienone is 4. The smallest absolute Gasteiger partial charge is 0.252 e. The van der Waals surface area contributed by atoms with Crippen molar-refractivity contribution in [2.75, 3.05) is 7.11 Å². The molecule has 2 aromatic carbocycles. The van der Waals surface area contributed by atoms with Crippen LogP contribution in [0.15, 0.2) is 59.4 Å². The molecule has 1 aliphatic heterocycles. The quantitative estimate of drug-likeness (QED) is 0.756. The molecule has 1 atom stereocenters. The van der Waals surface area contributed by atoms with Crippen molar-refractivity contribution in [1.82, 2.24) is 5.32 Å². The van der Waals surface area contributed by atoms with E-state index in [0.717, 1.165) is 46.5 Å². The van der Waals surface area contributed by atoms with Crippen LogP contribution in [0.5, 0.6) is 5.75 Å². The summed E-state index contributed by atoms with van der Waals surface area (Å²) in [4.78, 5) is 24.7. The van der Waals surface area contributed by atoms with Gasteiger partial charge in [0.1, 0.15) is 5.75 Å². The number of amides is 1. The average Bonchev–Trinajstić information content (AvgIpc) is 2.73. The number of nitrogens with two attached hydrogens (primary N) is 1. The van der Waals surface area contributed by atoms with Gasteiger partial charge in [0.05, 0.1) is 12.7 Å². The van der Waals surface area contributed by atoms with Crippen LogP contribution in [0.1, 0.15) is 53.6 Å². The number of rotatable bonds is 4. The lowest BCUT2D eigenvalue weighted by Gasteiger charge is -2.35. The van der Waals surface area contributed by atoms with Gasteiger partial charge < -0.3 is 15.8 Å². The van der Waals surface area contributed by atoms with Gasteiger partial charge in [-0.25, -0.2) is 0 Å². The number of carbonyl (C=O) groups excluding carboxylic acids is 2. The van der Waals surface area contributed by atoms with E-state index in [-0.39, 0.29) is 11.7 Å². The molecule has 0 radical (unpaired) electrons.